The molecule has 4 N–H and O–H groups in total. The molecule has 1 amide bonds. The fourth-order valence-corrected chi connectivity index (χ4v) is 4.79. The largest absolute Gasteiger partial charge is 0.444 e. The van der Waals surface area contributed by atoms with Gasteiger partial charge in [0.1, 0.15) is 5.60 Å². The van der Waals surface area contributed by atoms with Gasteiger partial charge in [-0.25, -0.2) is 4.79 Å². The van der Waals surface area contributed by atoms with E-state index >= 15 is 0 Å². The van der Waals surface area contributed by atoms with Crippen molar-refractivity contribution >= 4 is 52.7 Å². The quantitative estimate of drug-likeness (QED) is 0.401. The molecule has 1 fully saturated rings. The van der Waals surface area contributed by atoms with E-state index in [1.54, 1.807) is 0 Å². The van der Waals surface area contributed by atoms with Crippen LogP contribution in [0.15, 0.2) is 5.10 Å². The van der Waals surface area contributed by atoms with Crippen LogP contribution in [0.25, 0.3) is 0 Å². The summed E-state index contributed by atoms with van der Waals surface area (Å²) in [6.07, 6.45) is 0.712. The van der Waals surface area contributed by atoms with Gasteiger partial charge in [-0.05, 0) is 57.8 Å². The Hall–Kier alpha value is -0.670. The number of alkyl carbamates (subject to hydrolysis) is 1. The molecule has 0 aromatic carbocycles. The van der Waals surface area contributed by atoms with Gasteiger partial charge in [-0.3, -0.25) is 5.43 Å². The third-order valence-electron chi connectivity index (χ3n) is 2.54. The van der Waals surface area contributed by atoms with Gasteiger partial charge in [0, 0.05) is 0 Å². The maximum Gasteiger partial charge on any atom is 0.408 e. The zero-order valence-corrected chi connectivity index (χ0v) is 15.8. The maximum absolute atomic E-state index is 11.9. The predicted octanol–water partition coefficient (Wildman–Crippen LogP) is 2.29. The molecule has 1 aliphatic rings. The average Bonchev–Trinajstić information content (AvgIpc) is 2.37. The number of nitrogens with one attached hydrogen (secondary N) is 2. The van der Waals surface area contributed by atoms with Crippen LogP contribution in [0.4, 0.5) is 4.79 Å². The lowest BCUT2D eigenvalue weighted by molar-refractivity contribution is 0.0521. The van der Waals surface area contributed by atoms with Gasteiger partial charge in [-0.1, -0.05) is 0 Å². The molecule has 1 unspecified atom stereocenters. The number of hydrazone groups is 1. The van der Waals surface area contributed by atoms with Crippen molar-refractivity contribution in [2.75, 3.05) is 11.5 Å². The smallest absolute Gasteiger partial charge is 0.408 e. The highest BCUT2D eigenvalue weighted by Crippen LogP contribution is 2.32. The van der Waals surface area contributed by atoms with E-state index in [-0.39, 0.29) is 15.7 Å². The van der Waals surface area contributed by atoms with Crippen molar-refractivity contribution in [1.29, 1.82) is 0 Å². The molecule has 0 aromatic heterocycles. The molecule has 0 bridgehead atoms. The molecule has 1 atom stereocenters. The van der Waals surface area contributed by atoms with Crippen LogP contribution in [0.5, 0.6) is 0 Å². The van der Waals surface area contributed by atoms with Crippen molar-refractivity contribution in [3.8, 4) is 0 Å². The van der Waals surface area contributed by atoms with Gasteiger partial charge in [-0.2, -0.15) is 5.10 Å². The monoisotopic (exact) mass is 364 g/mol. The Morgan fingerprint density at radius 3 is 2.50 bits per heavy atom. The van der Waals surface area contributed by atoms with Crippen molar-refractivity contribution in [2.24, 2.45) is 10.8 Å². The normalized spacial score (nSPS) is 18.5. The summed E-state index contributed by atoms with van der Waals surface area (Å²) in [7, 11) is 0. The highest BCUT2D eigenvalue weighted by molar-refractivity contribution is 8.18. The zero-order valence-electron chi connectivity index (χ0n) is 13.3. The standard InChI is InChI=1S/C13H24N4O2S3/c1-8(15-12(18)19-13(2,3)4)9(16-17-11(14)20)10-21-6-5-7-22-10/h8,10H,5-7H2,1-4H3,(H,15,18)(H3,14,17,20). The van der Waals surface area contributed by atoms with E-state index in [1.165, 1.54) is 6.42 Å². The number of thioether (sulfide) groups is 2. The maximum atomic E-state index is 11.9. The van der Waals surface area contributed by atoms with Gasteiger partial charge in [0.25, 0.3) is 0 Å². The fourth-order valence-electron chi connectivity index (χ4n) is 1.69. The second-order valence-electron chi connectivity index (χ2n) is 5.81. The zero-order chi connectivity index (χ0) is 16.8. The highest BCUT2D eigenvalue weighted by atomic mass is 32.2. The van der Waals surface area contributed by atoms with Gasteiger partial charge in [0.2, 0.25) is 0 Å². The lowest BCUT2D eigenvalue weighted by Gasteiger charge is -2.27. The molecule has 0 aliphatic carbocycles. The molecule has 1 saturated heterocycles. The van der Waals surface area contributed by atoms with Crippen LogP contribution in [0, 0.1) is 0 Å². The number of nitrogens with two attached hydrogens (primary N) is 1. The van der Waals surface area contributed by atoms with Crippen LogP contribution in [0.1, 0.15) is 34.1 Å². The van der Waals surface area contributed by atoms with Gasteiger partial charge >= 0.3 is 6.09 Å². The summed E-state index contributed by atoms with van der Waals surface area (Å²) in [5.41, 5.74) is 8.33. The number of carbonyl (C=O) groups excluding carboxylic acids is 1. The van der Waals surface area contributed by atoms with E-state index in [0.717, 1.165) is 17.2 Å². The topological polar surface area (TPSA) is 88.7 Å². The van der Waals surface area contributed by atoms with E-state index < -0.39 is 11.7 Å². The van der Waals surface area contributed by atoms with Crippen molar-refractivity contribution in [1.82, 2.24) is 10.7 Å². The van der Waals surface area contributed by atoms with Crippen molar-refractivity contribution in [3.63, 3.8) is 0 Å². The van der Waals surface area contributed by atoms with E-state index in [2.05, 4.69) is 15.8 Å². The first-order valence-electron chi connectivity index (χ1n) is 7.04. The molecule has 1 aliphatic heterocycles. The van der Waals surface area contributed by atoms with Crippen molar-refractivity contribution in [2.45, 2.75) is 50.3 Å². The summed E-state index contributed by atoms with van der Waals surface area (Å²) in [6, 6.07) is -0.278. The summed E-state index contributed by atoms with van der Waals surface area (Å²) >= 11 is 8.41. The van der Waals surface area contributed by atoms with E-state index in [0.29, 0.717) is 0 Å². The number of carbonyl (C=O) groups is 1. The van der Waals surface area contributed by atoms with E-state index in [4.69, 9.17) is 22.7 Å². The number of rotatable bonds is 4. The first-order valence-corrected chi connectivity index (χ1v) is 9.55. The molecule has 0 radical (unpaired) electrons. The first kappa shape index (κ1) is 19.4. The molecule has 1 rings (SSSR count). The van der Waals surface area contributed by atoms with Gasteiger partial charge in [-0.15, -0.1) is 23.5 Å². The molecular weight excluding hydrogens is 340 g/mol. The van der Waals surface area contributed by atoms with Gasteiger partial charge < -0.3 is 15.8 Å². The summed E-state index contributed by atoms with van der Waals surface area (Å²) in [6.45, 7) is 7.36. The second kappa shape index (κ2) is 8.83. The summed E-state index contributed by atoms with van der Waals surface area (Å²) in [5.74, 6) is 2.14. The van der Waals surface area contributed by atoms with Crippen molar-refractivity contribution in [3.05, 3.63) is 0 Å². The Morgan fingerprint density at radius 1 is 1.41 bits per heavy atom. The van der Waals surface area contributed by atoms with Gasteiger partial charge in [0.05, 0.1) is 16.3 Å². The van der Waals surface area contributed by atoms with Crippen LogP contribution in [0.2, 0.25) is 0 Å². The highest BCUT2D eigenvalue weighted by Gasteiger charge is 2.27. The van der Waals surface area contributed by atoms with Crippen LogP contribution in [-0.4, -0.2) is 44.6 Å². The Bertz CT molecular complexity index is 431. The van der Waals surface area contributed by atoms with Crippen LogP contribution < -0.4 is 16.5 Å². The minimum absolute atomic E-state index is 0.104. The number of thiocarbonyl (C=S) groups is 1. The summed E-state index contributed by atoms with van der Waals surface area (Å²) in [5, 5.41) is 7.20. The number of ether oxygens (including phenoxy) is 1. The van der Waals surface area contributed by atoms with Crippen LogP contribution >= 0.6 is 35.7 Å². The third kappa shape index (κ3) is 7.55. The number of amides is 1. The molecule has 0 spiro atoms. The Morgan fingerprint density at radius 2 is 2.00 bits per heavy atom. The number of hydrogen-bond donors (Lipinski definition) is 3. The fraction of sp³-hybridized carbons (Fsp3) is 0.769. The summed E-state index contributed by atoms with van der Waals surface area (Å²) in [4.78, 5) is 11.9. The number of hydrogen-bond acceptors (Lipinski definition) is 6. The molecule has 9 heteroatoms. The summed E-state index contributed by atoms with van der Waals surface area (Å²) < 4.78 is 5.45. The third-order valence-corrected chi connectivity index (χ3v) is 5.59. The van der Waals surface area contributed by atoms with Crippen LogP contribution in [-0.2, 0) is 4.74 Å². The molecule has 0 aromatic rings. The van der Waals surface area contributed by atoms with Crippen molar-refractivity contribution < 1.29 is 9.53 Å². The first-order chi connectivity index (χ1) is 10.2. The predicted molar refractivity (Wildman–Crippen MR) is 99.5 cm³/mol. The molecule has 0 saturated carbocycles. The second-order valence-corrected chi connectivity index (χ2v) is 8.97. The minimum Gasteiger partial charge on any atom is -0.444 e. The number of nitrogens with zero attached hydrogens (tertiary/aromatic N) is 1. The Kier molecular flexibility index (Phi) is 7.78. The lowest BCUT2D eigenvalue weighted by Crippen LogP contribution is -2.45. The van der Waals surface area contributed by atoms with Gasteiger partial charge in [0.15, 0.2) is 5.11 Å². The molecule has 1 heterocycles. The SMILES string of the molecule is CC(NC(=O)OC(C)(C)C)C(=NNC(N)=S)C1SCCCS1. The molecular formula is C13H24N4O2S3. The Labute approximate surface area is 145 Å². The molecule has 22 heavy (non-hydrogen) atoms. The lowest BCUT2D eigenvalue weighted by atomic mass is 10.2. The van der Waals surface area contributed by atoms with E-state index in [9.17, 15) is 4.79 Å². The molecule has 6 nitrogen and oxygen atoms in total. The minimum atomic E-state index is -0.535. The molecule has 126 valence electrons. The Balaban J connectivity index is 2.74. The van der Waals surface area contributed by atoms with Crippen LogP contribution in [0.3, 0.4) is 0 Å². The average molecular weight is 365 g/mol. The van der Waals surface area contributed by atoms with E-state index in [1.807, 2.05) is 51.2 Å².